The molecule has 1 aromatic rings. The minimum Gasteiger partial charge on any atom is -0.386 e. The van der Waals surface area contributed by atoms with E-state index < -0.39 is 5.60 Å². The molecule has 0 unspecified atom stereocenters. The highest BCUT2D eigenvalue weighted by Gasteiger charge is 2.19. The molecule has 1 heterocycles. The van der Waals surface area contributed by atoms with E-state index in [1.54, 1.807) is 20.0 Å². The summed E-state index contributed by atoms with van der Waals surface area (Å²) in [7, 11) is 1.82. The van der Waals surface area contributed by atoms with Gasteiger partial charge in [0, 0.05) is 13.2 Å². The van der Waals surface area contributed by atoms with Gasteiger partial charge in [-0.1, -0.05) is 0 Å². The molecule has 0 aliphatic heterocycles. The summed E-state index contributed by atoms with van der Waals surface area (Å²) in [5.74, 6) is 0.819. The SMILES string of the molecule is CNc1nccc(C(C)(C)O)c1C. The molecule has 72 valence electrons. The molecular formula is C10H16N2O. The number of hydrogen-bond donors (Lipinski definition) is 2. The first-order chi connectivity index (χ1) is 5.96. The molecule has 13 heavy (non-hydrogen) atoms. The van der Waals surface area contributed by atoms with Crippen molar-refractivity contribution in [3.05, 3.63) is 23.4 Å². The van der Waals surface area contributed by atoms with Gasteiger partial charge in [-0.3, -0.25) is 0 Å². The van der Waals surface area contributed by atoms with Crippen LogP contribution in [0.4, 0.5) is 5.82 Å². The molecule has 0 saturated carbocycles. The van der Waals surface area contributed by atoms with Gasteiger partial charge in [0.2, 0.25) is 0 Å². The van der Waals surface area contributed by atoms with Crippen LogP contribution in [0.15, 0.2) is 12.3 Å². The van der Waals surface area contributed by atoms with Crippen LogP contribution < -0.4 is 5.32 Å². The van der Waals surface area contributed by atoms with Crippen LogP contribution in [0.1, 0.15) is 25.0 Å². The second-order valence-electron chi connectivity index (χ2n) is 3.64. The molecule has 0 atom stereocenters. The molecule has 0 amide bonds. The van der Waals surface area contributed by atoms with Crippen molar-refractivity contribution in [3.8, 4) is 0 Å². The summed E-state index contributed by atoms with van der Waals surface area (Å²) in [6, 6.07) is 1.84. The molecule has 0 spiro atoms. The van der Waals surface area contributed by atoms with Gasteiger partial charge in [0.15, 0.2) is 0 Å². The molecule has 0 aliphatic rings. The zero-order valence-electron chi connectivity index (χ0n) is 8.55. The number of nitrogens with zero attached hydrogens (tertiary/aromatic N) is 1. The molecule has 0 fully saturated rings. The molecular weight excluding hydrogens is 164 g/mol. The van der Waals surface area contributed by atoms with Crippen LogP contribution in [-0.2, 0) is 5.60 Å². The van der Waals surface area contributed by atoms with Crippen LogP contribution in [0.2, 0.25) is 0 Å². The van der Waals surface area contributed by atoms with Crippen molar-refractivity contribution < 1.29 is 5.11 Å². The Morgan fingerprint density at radius 1 is 1.46 bits per heavy atom. The first-order valence-corrected chi connectivity index (χ1v) is 4.33. The molecule has 0 aromatic carbocycles. The highest BCUT2D eigenvalue weighted by molar-refractivity contribution is 5.48. The van der Waals surface area contributed by atoms with Gasteiger partial charge in [0.05, 0.1) is 5.60 Å². The largest absolute Gasteiger partial charge is 0.386 e. The Hall–Kier alpha value is -1.09. The summed E-state index contributed by atoms with van der Waals surface area (Å²) >= 11 is 0. The lowest BCUT2D eigenvalue weighted by Gasteiger charge is -2.21. The van der Waals surface area contributed by atoms with E-state index in [-0.39, 0.29) is 0 Å². The lowest BCUT2D eigenvalue weighted by Crippen LogP contribution is -2.18. The second kappa shape index (κ2) is 3.34. The first-order valence-electron chi connectivity index (χ1n) is 4.33. The van der Waals surface area contributed by atoms with Crippen LogP contribution in [0.5, 0.6) is 0 Å². The number of aliphatic hydroxyl groups is 1. The summed E-state index contributed by atoms with van der Waals surface area (Å²) in [6.45, 7) is 5.50. The molecule has 0 saturated heterocycles. The standard InChI is InChI=1S/C10H16N2O/c1-7-8(10(2,3)13)5-6-12-9(7)11-4/h5-6,13H,1-4H3,(H,11,12). The smallest absolute Gasteiger partial charge is 0.128 e. The average molecular weight is 180 g/mol. The Labute approximate surface area is 78.8 Å². The third kappa shape index (κ3) is 1.98. The Morgan fingerprint density at radius 3 is 2.54 bits per heavy atom. The third-order valence-electron chi connectivity index (χ3n) is 2.10. The van der Waals surface area contributed by atoms with E-state index in [0.717, 1.165) is 16.9 Å². The van der Waals surface area contributed by atoms with Crippen molar-refractivity contribution >= 4 is 5.82 Å². The molecule has 1 rings (SSSR count). The predicted molar refractivity (Wildman–Crippen MR) is 53.8 cm³/mol. The maximum atomic E-state index is 9.83. The Kier molecular flexibility index (Phi) is 2.57. The van der Waals surface area contributed by atoms with Crippen LogP contribution >= 0.6 is 0 Å². The molecule has 0 aliphatic carbocycles. The van der Waals surface area contributed by atoms with Gasteiger partial charge in [-0.05, 0) is 38.0 Å². The molecule has 1 aromatic heterocycles. The number of hydrogen-bond acceptors (Lipinski definition) is 3. The van der Waals surface area contributed by atoms with E-state index in [1.165, 1.54) is 0 Å². The number of anilines is 1. The van der Waals surface area contributed by atoms with Crippen LogP contribution in [0.25, 0.3) is 0 Å². The molecule has 3 heteroatoms. The predicted octanol–water partition coefficient (Wildman–Crippen LogP) is 1.66. The highest BCUT2D eigenvalue weighted by Crippen LogP contribution is 2.26. The fourth-order valence-electron chi connectivity index (χ4n) is 1.45. The molecule has 3 nitrogen and oxygen atoms in total. The van der Waals surface area contributed by atoms with Crippen molar-refractivity contribution in [3.63, 3.8) is 0 Å². The monoisotopic (exact) mass is 180 g/mol. The van der Waals surface area contributed by atoms with E-state index in [9.17, 15) is 5.11 Å². The lowest BCUT2D eigenvalue weighted by atomic mass is 9.95. The van der Waals surface area contributed by atoms with Crippen molar-refractivity contribution in [2.75, 3.05) is 12.4 Å². The van der Waals surface area contributed by atoms with Gasteiger partial charge < -0.3 is 10.4 Å². The Bertz CT molecular complexity index is 302. The van der Waals surface area contributed by atoms with E-state index in [4.69, 9.17) is 0 Å². The van der Waals surface area contributed by atoms with Crippen molar-refractivity contribution in [1.82, 2.24) is 4.98 Å². The maximum Gasteiger partial charge on any atom is 0.128 e. The Balaban J connectivity index is 3.24. The van der Waals surface area contributed by atoms with Gasteiger partial charge in [-0.15, -0.1) is 0 Å². The lowest BCUT2D eigenvalue weighted by molar-refractivity contribution is 0.0779. The molecule has 0 radical (unpaired) electrons. The number of aromatic nitrogens is 1. The number of nitrogens with one attached hydrogen (secondary N) is 1. The van der Waals surface area contributed by atoms with Gasteiger partial charge >= 0.3 is 0 Å². The van der Waals surface area contributed by atoms with Crippen LogP contribution in [0.3, 0.4) is 0 Å². The highest BCUT2D eigenvalue weighted by atomic mass is 16.3. The van der Waals surface area contributed by atoms with Gasteiger partial charge in [0.25, 0.3) is 0 Å². The Morgan fingerprint density at radius 2 is 2.08 bits per heavy atom. The minimum absolute atomic E-state index is 0.807. The number of pyridine rings is 1. The van der Waals surface area contributed by atoms with Gasteiger partial charge in [-0.25, -0.2) is 4.98 Å². The summed E-state index contributed by atoms with van der Waals surface area (Å²) in [6.07, 6.45) is 1.70. The fraction of sp³-hybridized carbons (Fsp3) is 0.500. The van der Waals surface area contributed by atoms with E-state index in [2.05, 4.69) is 10.3 Å². The normalized spacial score (nSPS) is 11.5. The van der Waals surface area contributed by atoms with Crippen LogP contribution in [-0.4, -0.2) is 17.1 Å². The number of rotatable bonds is 2. The van der Waals surface area contributed by atoms with Crippen molar-refractivity contribution in [1.29, 1.82) is 0 Å². The third-order valence-corrected chi connectivity index (χ3v) is 2.10. The topological polar surface area (TPSA) is 45.2 Å². The molecule has 0 bridgehead atoms. The van der Waals surface area contributed by atoms with E-state index >= 15 is 0 Å². The fourth-order valence-corrected chi connectivity index (χ4v) is 1.45. The minimum atomic E-state index is -0.807. The van der Waals surface area contributed by atoms with E-state index in [1.807, 2.05) is 20.0 Å². The van der Waals surface area contributed by atoms with Gasteiger partial charge in [0.1, 0.15) is 5.82 Å². The zero-order chi connectivity index (χ0) is 10.1. The van der Waals surface area contributed by atoms with Crippen molar-refractivity contribution in [2.45, 2.75) is 26.4 Å². The maximum absolute atomic E-state index is 9.83. The first kappa shape index (κ1) is 9.99. The summed E-state index contributed by atoms with van der Waals surface area (Å²) < 4.78 is 0. The zero-order valence-corrected chi connectivity index (χ0v) is 8.55. The summed E-state index contributed by atoms with van der Waals surface area (Å²) in [5.41, 5.74) is 1.10. The average Bonchev–Trinajstić information content (AvgIpc) is 2.02. The van der Waals surface area contributed by atoms with E-state index in [0.29, 0.717) is 0 Å². The van der Waals surface area contributed by atoms with Gasteiger partial charge in [-0.2, -0.15) is 0 Å². The van der Waals surface area contributed by atoms with Crippen molar-refractivity contribution in [2.24, 2.45) is 0 Å². The second-order valence-corrected chi connectivity index (χ2v) is 3.64. The van der Waals surface area contributed by atoms with Crippen LogP contribution in [0, 0.1) is 6.92 Å². The quantitative estimate of drug-likeness (QED) is 0.727. The molecule has 2 N–H and O–H groups in total. The summed E-state index contributed by atoms with van der Waals surface area (Å²) in [4.78, 5) is 4.15. The summed E-state index contributed by atoms with van der Waals surface area (Å²) in [5, 5.41) is 12.8.